The SMILES string of the molecule is CCNC(=O)[C@@H](C)NC(=O)N[C@@H](C)c1ccccc1. The number of rotatable bonds is 5. The van der Waals surface area contributed by atoms with Gasteiger partial charge >= 0.3 is 6.03 Å². The van der Waals surface area contributed by atoms with Gasteiger partial charge < -0.3 is 16.0 Å². The summed E-state index contributed by atoms with van der Waals surface area (Å²) in [5.41, 5.74) is 1.02. The van der Waals surface area contributed by atoms with Crippen LogP contribution in [0.4, 0.5) is 4.79 Å². The number of likely N-dealkylation sites (N-methyl/N-ethyl adjacent to an activating group) is 1. The second-order valence-corrected chi connectivity index (χ2v) is 4.37. The molecular weight excluding hydrogens is 242 g/mol. The second-order valence-electron chi connectivity index (χ2n) is 4.37. The number of hydrogen-bond acceptors (Lipinski definition) is 2. The van der Waals surface area contributed by atoms with Crippen LogP contribution >= 0.6 is 0 Å². The normalized spacial score (nSPS) is 13.2. The first kappa shape index (κ1) is 15.0. The van der Waals surface area contributed by atoms with E-state index in [4.69, 9.17) is 0 Å². The lowest BCUT2D eigenvalue weighted by Gasteiger charge is -2.18. The first-order chi connectivity index (χ1) is 9.04. The summed E-state index contributed by atoms with van der Waals surface area (Å²) in [6.45, 7) is 5.93. The molecule has 3 amide bonds. The molecule has 0 unspecified atom stereocenters. The molecule has 0 radical (unpaired) electrons. The van der Waals surface area contributed by atoms with Crippen LogP contribution < -0.4 is 16.0 Å². The fourth-order valence-electron chi connectivity index (χ4n) is 1.65. The molecule has 3 N–H and O–H groups in total. The lowest BCUT2D eigenvalue weighted by Crippen LogP contribution is -2.48. The highest BCUT2D eigenvalue weighted by molar-refractivity contribution is 5.86. The maximum absolute atomic E-state index is 11.7. The molecule has 0 saturated heterocycles. The van der Waals surface area contributed by atoms with Crippen LogP contribution in [-0.4, -0.2) is 24.5 Å². The minimum atomic E-state index is -0.553. The molecule has 0 saturated carbocycles. The van der Waals surface area contributed by atoms with E-state index < -0.39 is 6.04 Å². The summed E-state index contributed by atoms with van der Waals surface area (Å²) >= 11 is 0. The minimum Gasteiger partial charge on any atom is -0.355 e. The van der Waals surface area contributed by atoms with Crippen molar-refractivity contribution in [3.05, 3.63) is 35.9 Å². The van der Waals surface area contributed by atoms with Crippen LogP contribution in [0.25, 0.3) is 0 Å². The van der Waals surface area contributed by atoms with Crippen molar-refractivity contribution in [3.63, 3.8) is 0 Å². The molecule has 1 aromatic rings. The topological polar surface area (TPSA) is 70.2 Å². The summed E-state index contributed by atoms with van der Waals surface area (Å²) in [5.74, 6) is -0.190. The lowest BCUT2D eigenvalue weighted by molar-refractivity contribution is -0.122. The van der Waals surface area contributed by atoms with Crippen molar-refractivity contribution in [1.29, 1.82) is 0 Å². The van der Waals surface area contributed by atoms with E-state index >= 15 is 0 Å². The third-order valence-corrected chi connectivity index (χ3v) is 2.74. The first-order valence-corrected chi connectivity index (χ1v) is 6.44. The predicted octanol–water partition coefficient (Wildman–Crippen LogP) is 1.57. The number of amides is 3. The molecule has 2 atom stereocenters. The first-order valence-electron chi connectivity index (χ1n) is 6.44. The van der Waals surface area contributed by atoms with E-state index in [-0.39, 0.29) is 18.0 Å². The Morgan fingerprint density at radius 1 is 1.11 bits per heavy atom. The molecule has 0 aliphatic carbocycles. The molecule has 1 rings (SSSR count). The molecule has 104 valence electrons. The van der Waals surface area contributed by atoms with Crippen LogP contribution in [0.5, 0.6) is 0 Å². The van der Waals surface area contributed by atoms with Crippen molar-refractivity contribution in [1.82, 2.24) is 16.0 Å². The number of hydrogen-bond donors (Lipinski definition) is 3. The third kappa shape index (κ3) is 4.99. The van der Waals surface area contributed by atoms with Gasteiger partial charge in [0.15, 0.2) is 0 Å². The zero-order valence-corrected chi connectivity index (χ0v) is 11.6. The smallest absolute Gasteiger partial charge is 0.315 e. The van der Waals surface area contributed by atoms with Gasteiger partial charge in [-0.05, 0) is 26.3 Å². The van der Waals surface area contributed by atoms with Gasteiger partial charge in [0.1, 0.15) is 6.04 Å². The number of urea groups is 1. The second kappa shape index (κ2) is 7.41. The van der Waals surface area contributed by atoms with E-state index in [2.05, 4.69) is 16.0 Å². The Labute approximate surface area is 113 Å². The van der Waals surface area contributed by atoms with E-state index in [9.17, 15) is 9.59 Å². The van der Waals surface area contributed by atoms with E-state index in [1.807, 2.05) is 44.2 Å². The Morgan fingerprint density at radius 3 is 2.32 bits per heavy atom. The third-order valence-electron chi connectivity index (χ3n) is 2.74. The summed E-state index contributed by atoms with van der Waals surface area (Å²) < 4.78 is 0. The fraction of sp³-hybridized carbons (Fsp3) is 0.429. The zero-order valence-electron chi connectivity index (χ0n) is 11.6. The van der Waals surface area contributed by atoms with Crippen molar-refractivity contribution < 1.29 is 9.59 Å². The molecule has 0 aliphatic rings. The highest BCUT2D eigenvalue weighted by atomic mass is 16.2. The summed E-state index contributed by atoms with van der Waals surface area (Å²) in [4.78, 5) is 23.2. The largest absolute Gasteiger partial charge is 0.355 e. The van der Waals surface area contributed by atoms with E-state index in [1.165, 1.54) is 0 Å². The van der Waals surface area contributed by atoms with E-state index in [0.717, 1.165) is 5.56 Å². The van der Waals surface area contributed by atoms with Crippen molar-refractivity contribution in [2.45, 2.75) is 32.9 Å². The van der Waals surface area contributed by atoms with Gasteiger partial charge in [0.05, 0.1) is 6.04 Å². The average molecular weight is 263 g/mol. The zero-order chi connectivity index (χ0) is 14.3. The van der Waals surface area contributed by atoms with Crippen LogP contribution in [0.3, 0.4) is 0 Å². The van der Waals surface area contributed by atoms with Gasteiger partial charge in [-0.15, -0.1) is 0 Å². The van der Waals surface area contributed by atoms with Crippen LogP contribution in [0, 0.1) is 0 Å². The molecule has 0 spiro atoms. The maximum Gasteiger partial charge on any atom is 0.315 e. The molecule has 19 heavy (non-hydrogen) atoms. The van der Waals surface area contributed by atoms with E-state index in [0.29, 0.717) is 6.54 Å². The lowest BCUT2D eigenvalue weighted by atomic mass is 10.1. The number of benzene rings is 1. The molecule has 0 fully saturated rings. The number of carbonyl (C=O) groups is 2. The fourth-order valence-corrected chi connectivity index (χ4v) is 1.65. The van der Waals surface area contributed by atoms with Crippen LogP contribution in [-0.2, 0) is 4.79 Å². The van der Waals surface area contributed by atoms with Crippen molar-refractivity contribution in [3.8, 4) is 0 Å². The predicted molar refractivity (Wildman–Crippen MR) is 74.7 cm³/mol. The summed E-state index contributed by atoms with van der Waals surface area (Å²) in [7, 11) is 0. The van der Waals surface area contributed by atoms with Gasteiger partial charge in [0.25, 0.3) is 0 Å². The Balaban J connectivity index is 2.45. The van der Waals surface area contributed by atoms with Gasteiger partial charge in [-0.2, -0.15) is 0 Å². The van der Waals surface area contributed by atoms with Crippen LogP contribution in [0.15, 0.2) is 30.3 Å². The van der Waals surface area contributed by atoms with Crippen LogP contribution in [0.2, 0.25) is 0 Å². The summed E-state index contributed by atoms with van der Waals surface area (Å²) in [5, 5.41) is 8.05. The molecule has 1 aromatic carbocycles. The van der Waals surface area contributed by atoms with Crippen molar-refractivity contribution in [2.75, 3.05) is 6.54 Å². The maximum atomic E-state index is 11.7. The number of nitrogens with one attached hydrogen (secondary N) is 3. The standard InChI is InChI=1S/C14H21N3O2/c1-4-15-13(18)11(3)17-14(19)16-10(2)12-8-6-5-7-9-12/h5-11H,4H2,1-3H3,(H,15,18)(H2,16,17,19)/t10-,11+/m0/s1. The molecule has 0 aliphatic heterocycles. The molecule has 0 heterocycles. The minimum absolute atomic E-state index is 0.109. The van der Waals surface area contributed by atoms with E-state index in [1.54, 1.807) is 6.92 Å². The van der Waals surface area contributed by atoms with Crippen LogP contribution in [0.1, 0.15) is 32.4 Å². The Kier molecular flexibility index (Phi) is 5.85. The summed E-state index contributed by atoms with van der Waals surface area (Å²) in [6, 6.07) is 8.63. The average Bonchev–Trinajstić information content (AvgIpc) is 2.39. The Hall–Kier alpha value is -2.04. The van der Waals surface area contributed by atoms with Gasteiger partial charge in [-0.3, -0.25) is 4.79 Å². The Morgan fingerprint density at radius 2 is 1.74 bits per heavy atom. The number of carbonyl (C=O) groups excluding carboxylic acids is 2. The molecule has 0 aromatic heterocycles. The monoisotopic (exact) mass is 263 g/mol. The highest BCUT2D eigenvalue weighted by Gasteiger charge is 2.16. The van der Waals surface area contributed by atoms with Crippen molar-refractivity contribution in [2.24, 2.45) is 0 Å². The van der Waals surface area contributed by atoms with Gasteiger partial charge in [-0.1, -0.05) is 30.3 Å². The van der Waals surface area contributed by atoms with Gasteiger partial charge in [-0.25, -0.2) is 4.79 Å². The highest BCUT2D eigenvalue weighted by Crippen LogP contribution is 2.10. The Bertz CT molecular complexity index is 420. The molecule has 5 heteroatoms. The van der Waals surface area contributed by atoms with Gasteiger partial charge in [0, 0.05) is 6.54 Å². The summed E-state index contributed by atoms with van der Waals surface area (Å²) in [6.07, 6.45) is 0. The van der Waals surface area contributed by atoms with Gasteiger partial charge in [0.2, 0.25) is 5.91 Å². The quantitative estimate of drug-likeness (QED) is 0.754. The molecule has 5 nitrogen and oxygen atoms in total. The molecule has 0 bridgehead atoms. The van der Waals surface area contributed by atoms with Crippen molar-refractivity contribution >= 4 is 11.9 Å². The molecular formula is C14H21N3O2.